The first-order valence-electron chi connectivity index (χ1n) is 12.6. The minimum atomic E-state index is -0.0996. The summed E-state index contributed by atoms with van der Waals surface area (Å²) in [5, 5.41) is 18.0. The molecule has 5 heteroatoms. The average molecular weight is 459 g/mol. The molecule has 2 aliphatic carbocycles. The summed E-state index contributed by atoms with van der Waals surface area (Å²) in [5.74, 6) is 1.51. The molecule has 1 saturated heterocycles. The fraction of sp³-hybridized carbons (Fsp3) is 0.448. The van der Waals surface area contributed by atoms with Crippen molar-refractivity contribution in [3.05, 3.63) is 81.4 Å². The third kappa shape index (κ3) is 5.19. The Morgan fingerprint density at radius 1 is 1.21 bits per heavy atom. The molecule has 1 aliphatic heterocycles. The minimum absolute atomic E-state index is 0.0996. The van der Waals surface area contributed by atoms with Crippen LogP contribution in [0.15, 0.2) is 64.7 Å². The van der Waals surface area contributed by atoms with Gasteiger partial charge in [-0.15, -0.1) is 0 Å². The average Bonchev–Trinajstić information content (AvgIpc) is 3.57. The molecule has 1 amide bonds. The highest BCUT2D eigenvalue weighted by atomic mass is 16.2. The van der Waals surface area contributed by atoms with Crippen molar-refractivity contribution in [1.29, 1.82) is 5.41 Å². The molecule has 2 atom stereocenters. The van der Waals surface area contributed by atoms with E-state index in [9.17, 15) is 4.79 Å². The Morgan fingerprint density at radius 2 is 1.97 bits per heavy atom. The first-order chi connectivity index (χ1) is 16.3. The van der Waals surface area contributed by atoms with Gasteiger partial charge in [0.1, 0.15) is 5.84 Å². The van der Waals surface area contributed by atoms with Gasteiger partial charge in [-0.25, -0.2) is 0 Å². The van der Waals surface area contributed by atoms with E-state index < -0.39 is 0 Å². The molecule has 180 valence electrons. The van der Waals surface area contributed by atoms with Crippen LogP contribution in [0.25, 0.3) is 0 Å². The number of carbonyl (C=O) groups excluding carboxylic acids is 1. The van der Waals surface area contributed by atoms with Crippen LogP contribution >= 0.6 is 0 Å². The van der Waals surface area contributed by atoms with E-state index in [0.717, 1.165) is 42.3 Å². The molecule has 3 aliphatic rings. The normalized spacial score (nSPS) is 23.6. The van der Waals surface area contributed by atoms with E-state index in [1.165, 1.54) is 29.5 Å². The van der Waals surface area contributed by atoms with Gasteiger partial charge in [0.05, 0.1) is 5.57 Å². The predicted molar refractivity (Wildman–Crippen MR) is 139 cm³/mol. The number of nitrogens with one attached hydrogen (secondary N) is 4. The summed E-state index contributed by atoms with van der Waals surface area (Å²) in [7, 11) is 0. The van der Waals surface area contributed by atoms with Crippen LogP contribution in [0.3, 0.4) is 0 Å². The highest BCUT2D eigenvalue weighted by molar-refractivity contribution is 6.06. The molecule has 5 nitrogen and oxygen atoms in total. The second kappa shape index (κ2) is 10.0. The van der Waals surface area contributed by atoms with Crippen molar-refractivity contribution < 1.29 is 4.79 Å². The molecule has 1 saturated carbocycles. The first kappa shape index (κ1) is 24.1. The van der Waals surface area contributed by atoms with Gasteiger partial charge in [-0.05, 0) is 81.1 Å². The maximum absolute atomic E-state index is 13.0. The number of hydrogen-bond acceptors (Lipinski definition) is 3. The predicted octanol–water partition coefficient (Wildman–Crippen LogP) is 5.37. The maximum Gasteiger partial charge on any atom is 0.258 e. The van der Waals surface area contributed by atoms with Gasteiger partial charge in [-0.3, -0.25) is 10.2 Å². The number of rotatable bonds is 8. The summed E-state index contributed by atoms with van der Waals surface area (Å²) in [6.07, 6.45) is 10.9. The summed E-state index contributed by atoms with van der Waals surface area (Å²) in [6, 6.07) is 6.75. The number of amidine groups is 1. The van der Waals surface area contributed by atoms with E-state index in [-0.39, 0.29) is 17.7 Å². The molecule has 1 heterocycles. The van der Waals surface area contributed by atoms with Gasteiger partial charge in [0.2, 0.25) is 0 Å². The lowest BCUT2D eigenvalue weighted by Crippen LogP contribution is -2.24. The van der Waals surface area contributed by atoms with Crippen LogP contribution in [0.4, 0.5) is 0 Å². The second-order valence-corrected chi connectivity index (χ2v) is 9.95. The van der Waals surface area contributed by atoms with Gasteiger partial charge >= 0.3 is 0 Å². The standard InChI is InChI=1S/C29H38N4O/c1-6-20-9-8-17(3)23(13-20)24-15-25-26(14-22(24)7-2)33-29(34)28(25)19(5)32-27(30)12-18(4)31-16-21-10-11-21/h8-9,12-15,21-22,24,31H,6-7,10-11,16H2,1-5H3,(H2,30,32)(H,33,34)/b18-12-,28-19-. The fourth-order valence-electron chi connectivity index (χ4n) is 4.96. The summed E-state index contributed by atoms with van der Waals surface area (Å²) in [4.78, 5) is 13.0. The Balaban J connectivity index is 1.62. The molecule has 0 bridgehead atoms. The number of allylic oxidation sites excluding steroid dienone is 5. The summed E-state index contributed by atoms with van der Waals surface area (Å²) < 4.78 is 0. The first-order valence-corrected chi connectivity index (χ1v) is 12.6. The Labute approximate surface area is 204 Å². The second-order valence-electron chi connectivity index (χ2n) is 9.95. The lowest BCUT2D eigenvalue weighted by atomic mass is 9.76. The maximum atomic E-state index is 13.0. The van der Waals surface area contributed by atoms with Crippen molar-refractivity contribution in [2.75, 3.05) is 6.54 Å². The highest BCUT2D eigenvalue weighted by Gasteiger charge is 2.35. The lowest BCUT2D eigenvalue weighted by Gasteiger charge is -2.28. The van der Waals surface area contributed by atoms with Crippen molar-refractivity contribution in [3.8, 4) is 0 Å². The van der Waals surface area contributed by atoms with Crippen molar-refractivity contribution in [1.82, 2.24) is 16.0 Å². The zero-order valence-corrected chi connectivity index (χ0v) is 21.1. The smallest absolute Gasteiger partial charge is 0.258 e. The summed E-state index contributed by atoms with van der Waals surface area (Å²) in [6.45, 7) is 11.4. The van der Waals surface area contributed by atoms with Gasteiger partial charge < -0.3 is 16.0 Å². The Morgan fingerprint density at radius 3 is 2.65 bits per heavy atom. The van der Waals surface area contributed by atoms with E-state index in [2.05, 4.69) is 67.1 Å². The quantitative estimate of drug-likeness (QED) is 0.240. The van der Waals surface area contributed by atoms with Crippen LogP contribution in [-0.4, -0.2) is 18.3 Å². The Kier molecular flexibility index (Phi) is 7.11. The molecule has 0 spiro atoms. The molecule has 1 aromatic carbocycles. The Hall–Kier alpha value is -3.08. The van der Waals surface area contributed by atoms with Gasteiger partial charge in [-0.2, -0.15) is 0 Å². The number of amides is 1. The monoisotopic (exact) mass is 458 g/mol. The number of benzene rings is 1. The van der Waals surface area contributed by atoms with E-state index >= 15 is 0 Å². The molecular formula is C29H38N4O. The lowest BCUT2D eigenvalue weighted by molar-refractivity contribution is -0.115. The van der Waals surface area contributed by atoms with Crippen molar-refractivity contribution in [2.45, 2.75) is 66.2 Å². The third-order valence-corrected chi connectivity index (χ3v) is 7.23. The van der Waals surface area contributed by atoms with E-state index in [4.69, 9.17) is 5.41 Å². The molecule has 1 aromatic rings. The van der Waals surface area contributed by atoms with Crippen LogP contribution in [0.5, 0.6) is 0 Å². The molecule has 4 rings (SSSR count). The number of aryl methyl sites for hydroxylation is 2. The summed E-state index contributed by atoms with van der Waals surface area (Å²) in [5.41, 5.74) is 8.12. The van der Waals surface area contributed by atoms with Crippen molar-refractivity contribution in [3.63, 3.8) is 0 Å². The largest absolute Gasteiger partial charge is 0.388 e. The number of hydrogen-bond donors (Lipinski definition) is 4. The minimum Gasteiger partial charge on any atom is -0.388 e. The Bertz CT molecular complexity index is 1120. The SMILES string of the molecule is CCc1ccc(C)c(C2C=C3C(=CC2CC)NC(=O)/C3=C(/C)NC(=N)/C=C(/C)NCC2CC2)c1. The van der Waals surface area contributed by atoms with Crippen LogP contribution in [-0.2, 0) is 11.2 Å². The molecule has 0 aromatic heterocycles. The van der Waals surface area contributed by atoms with Gasteiger partial charge in [0.25, 0.3) is 5.91 Å². The zero-order chi connectivity index (χ0) is 24.4. The highest BCUT2D eigenvalue weighted by Crippen LogP contribution is 2.42. The van der Waals surface area contributed by atoms with Crippen LogP contribution in [0.1, 0.15) is 69.6 Å². The van der Waals surface area contributed by atoms with Crippen molar-refractivity contribution >= 4 is 11.7 Å². The molecule has 2 fully saturated rings. The molecule has 4 N–H and O–H groups in total. The van der Waals surface area contributed by atoms with E-state index in [0.29, 0.717) is 17.2 Å². The number of carbonyl (C=O) groups is 1. The molecular weight excluding hydrogens is 420 g/mol. The molecule has 0 radical (unpaired) electrons. The zero-order valence-electron chi connectivity index (χ0n) is 21.1. The van der Waals surface area contributed by atoms with Crippen LogP contribution in [0, 0.1) is 24.2 Å². The third-order valence-electron chi connectivity index (χ3n) is 7.23. The molecule has 2 unspecified atom stereocenters. The van der Waals surface area contributed by atoms with Gasteiger partial charge in [0, 0.05) is 35.1 Å². The fourth-order valence-corrected chi connectivity index (χ4v) is 4.96. The van der Waals surface area contributed by atoms with Crippen LogP contribution < -0.4 is 16.0 Å². The van der Waals surface area contributed by atoms with E-state index in [1.807, 2.05) is 13.8 Å². The van der Waals surface area contributed by atoms with E-state index in [1.54, 1.807) is 6.08 Å². The number of fused-ring (bicyclic) bond motifs is 1. The summed E-state index contributed by atoms with van der Waals surface area (Å²) >= 11 is 0. The van der Waals surface area contributed by atoms with Crippen molar-refractivity contribution in [2.24, 2.45) is 11.8 Å². The van der Waals surface area contributed by atoms with Crippen LogP contribution in [0.2, 0.25) is 0 Å². The van der Waals surface area contributed by atoms with Gasteiger partial charge in [-0.1, -0.05) is 44.2 Å². The molecule has 34 heavy (non-hydrogen) atoms. The topological polar surface area (TPSA) is 77.0 Å². The van der Waals surface area contributed by atoms with Gasteiger partial charge in [0.15, 0.2) is 0 Å².